The standard InChI is InChI=1S/C24H24N4O5/c1-14(22(29)27-21(23(30)31)20-11-12-25-28(20)2)26-24(32)33-13-19-17-9-5-3-7-15(17)16-8-4-6-10-18(16)19/h3-12,14,19,21H,13H2,1-2H3,(H,26,32)(H,27,29)(H,30,31)/t14-,21?/m1/s1. The highest BCUT2D eigenvalue weighted by molar-refractivity contribution is 5.89. The Labute approximate surface area is 190 Å². The van der Waals surface area contributed by atoms with Crippen molar-refractivity contribution in [3.63, 3.8) is 0 Å². The number of aromatic nitrogens is 2. The van der Waals surface area contributed by atoms with Gasteiger partial charge in [-0.1, -0.05) is 48.5 Å². The Morgan fingerprint density at radius 2 is 1.64 bits per heavy atom. The van der Waals surface area contributed by atoms with Crippen LogP contribution in [0, 0.1) is 0 Å². The molecule has 0 fully saturated rings. The van der Waals surface area contributed by atoms with E-state index in [4.69, 9.17) is 4.74 Å². The van der Waals surface area contributed by atoms with Gasteiger partial charge in [-0.05, 0) is 35.2 Å². The second kappa shape index (κ2) is 9.15. The number of hydrogen-bond donors (Lipinski definition) is 3. The Morgan fingerprint density at radius 3 is 2.18 bits per heavy atom. The van der Waals surface area contributed by atoms with E-state index in [9.17, 15) is 19.5 Å². The van der Waals surface area contributed by atoms with Crippen molar-refractivity contribution in [1.82, 2.24) is 20.4 Å². The Kier molecular flexibility index (Phi) is 6.12. The SMILES string of the molecule is C[C@@H](NC(=O)OCC1c2ccccc2-c2ccccc21)C(=O)NC(C(=O)O)c1ccnn1C. The van der Waals surface area contributed by atoms with Gasteiger partial charge in [0.1, 0.15) is 12.6 Å². The topological polar surface area (TPSA) is 123 Å². The number of ether oxygens (including phenoxy) is 1. The quantitative estimate of drug-likeness (QED) is 0.511. The number of aliphatic carboxylic acids is 1. The highest BCUT2D eigenvalue weighted by Gasteiger charge is 2.30. The second-order valence-electron chi connectivity index (χ2n) is 7.85. The van der Waals surface area contributed by atoms with Gasteiger partial charge in [0.2, 0.25) is 5.91 Å². The van der Waals surface area contributed by atoms with E-state index in [0.29, 0.717) is 5.69 Å². The number of amides is 2. The molecular formula is C24H24N4O5. The highest BCUT2D eigenvalue weighted by atomic mass is 16.5. The minimum absolute atomic E-state index is 0.103. The Bertz CT molecular complexity index is 1160. The number of hydrogen-bond acceptors (Lipinski definition) is 5. The van der Waals surface area contributed by atoms with Crippen LogP contribution >= 0.6 is 0 Å². The third-order valence-electron chi connectivity index (χ3n) is 5.76. The lowest BCUT2D eigenvalue weighted by Crippen LogP contribution is -2.47. The van der Waals surface area contributed by atoms with Crippen LogP contribution in [0.25, 0.3) is 11.1 Å². The molecule has 1 aliphatic rings. The van der Waals surface area contributed by atoms with Crippen molar-refractivity contribution in [3.8, 4) is 11.1 Å². The first-order valence-corrected chi connectivity index (χ1v) is 10.5. The van der Waals surface area contributed by atoms with Crippen molar-refractivity contribution < 1.29 is 24.2 Å². The van der Waals surface area contributed by atoms with Crippen molar-refractivity contribution >= 4 is 18.0 Å². The molecule has 0 spiro atoms. The molecule has 2 aromatic carbocycles. The van der Waals surface area contributed by atoms with Gasteiger partial charge in [-0.25, -0.2) is 9.59 Å². The van der Waals surface area contributed by atoms with Crippen LogP contribution in [-0.2, 0) is 21.4 Å². The van der Waals surface area contributed by atoms with E-state index in [0.717, 1.165) is 22.3 Å². The first-order chi connectivity index (χ1) is 15.9. The third-order valence-corrected chi connectivity index (χ3v) is 5.76. The average molecular weight is 448 g/mol. The zero-order chi connectivity index (χ0) is 23.5. The van der Waals surface area contributed by atoms with Crippen LogP contribution in [0.15, 0.2) is 60.8 Å². The fourth-order valence-corrected chi connectivity index (χ4v) is 4.08. The first kappa shape index (κ1) is 22.1. The number of carbonyl (C=O) groups is 3. The third kappa shape index (κ3) is 4.43. The van der Waals surface area contributed by atoms with Crippen molar-refractivity contribution in [2.24, 2.45) is 7.05 Å². The summed E-state index contributed by atoms with van der Waals surface area (Å²) in [7, 11) is 1.58. The molecular weight excluding hydrogens is 424 g/mol. The lowest BCUT2D eigenvalue weighted by atomic mass is 9.98. The van der Waals surface area contributed by atoms with Crippen LogP contribution < -0.4 is 10.6 Å². The molecule has 2 atom stereocenters. The molecule has 9 heteroatoms. The zero-order valence-corrected chi connectivity index (χ0v) is 18.2. The summed E-state index contributed by atoms with van der Waals surface area (Å²) < 4.78 is 6.81. The molecule has 0 aliphatic heterocycles. The van der Waals surface area contributed by atoms with Crippen LogP contribution in [0.1, 0.15) is 35.7 Å². The first-order valence-electron chi connectivity index (χ1n) is 10.5. The Morgan fingerprint density at radius 1 is 1.03 bits per heavy atom. The Hall–Kier alpha value is -4.14. The molecule has 0 saturated heterocycles. The fourth-order valence-electron chi connectivity index (χ4n) is 4.08. The summed E-state index contributed by atoms with van der Waals surface area (Å²) in [4.78, 5) is 36.5. The van der Waals surface area contributed by atoms with E-state index in [1.165, 1.54) is 23.9 Å². The van der Waals surface area contributed by atoms with Gasteiger partial charge in [0.15, 0.2) is 6.04 Å². The van der Waals surface area contributed by atoms with Crippen LogP contribution in [0.4, 0.5) is 4.79 Å². The smallest absolute Gasteiger partial charge is 0.407 e. The molecule has 170 valence electrons. The molecule has 0 radical (unpaired) electrons. The molecule has 9 nitrogen and oxygen atoms in total. The maximum atomic E-state index is 12.5. The maximum absolute atomic E-state index is 12.5. The van der Waals surface area contributed by atoms with Crippen LogP contribution in [-0.4, -0.2) is 45.5 Å². The predicted octanol–water partition coefficient (Wildman–Crippen LogP) is 2.59. The molecule has 33 heavy (non-hydrogen) atoms. The minimum atomic E-state index is -1.29. The number of carboxylic acid groups (broad SMARTS) is 1. The molecule has 1 aliphatic carbocycles. The van der Waals surface area contributed by atoms with Gasteiger partial charge in [0, 0.05) is 19.2 Å². The molecule has 1 aromatic heterocycles. The summed E-state index contributed by atoms with van der Waals surface area (Å²) in [5.74, 6) is -1.99. The van der Waals surface area contributed by atoms with Gasteiger partial charge >= 0.3 is 12.1 Å². The van der Waals surface area contributed by atoms with E-state index in [1.807, 2.05) is 48.5 Å². The summed E-state index contributed by atoms with van der Waals surface area (Å²) in [6, 6.07) is 15.2. The van der Waals surface area contributed by atoms with Gasteiger partial charge in [-0.15, -0.1) is 0 Å². The van der Waals surface area contributed by atoms with Gasteiger partial charge in [-0.3, -0.25) is 9.48 Å². The number of rotatable bonds is 7. The monoisotopic (exact) mass is 448 g/mol. The number of aryl methyl sites for hydroxylation is 1. The average Bonchev–Trinajstić information content (AvgIpc) is 3.36. The highest BCUT2D eigenvalue weighted by Crippen LogP contribution is 2.44. The van der Waals surface area contributed by atoms with E-state index in [-0.39, 0.29) is 12.5 Å². The molecule has 0 bridgehead atoms. The number of benzene rings is 2. The number of carbonyl (C=O) groups excluding carboxylic acids is 2. The van der Waals surface area contributed by atoms with E-state index < -0.39 is 30.1 Å². The molecule has 1 heterocycles. The van der Waals surface area contributed by atoms with E-state index >= 15 is 0 Å². The Balaban J connectivity index is 1.37. The van der Waals surface area contributed by atoms with Gasteiger partial charge < -0.3 is 20.5 Å². The molecule has 0 saturated carbocycles. The van der Waals surface area contributed by atoms with Crippen LogP contribution in [0.3, 0.4) is 0 Å². The fraction of sp³-hybridized carbons (Fsp3) is 0.250. The van der Waals surface area contributed by atoms with Crippen molar-refractivity contribution in [2.75, 3.05) is 6.61 Å². The van der Waals surface area contributed by atoms with E-state index in [2.05, 4.69) is 15.7 Å². The number of nitrogens with zero attached hydrogens (tertiary/aromatic N) is 2. The summed E-state index contributed by atoms with van der Waals surface area (Å²) >= 11 is 0. The molecule has 2 amide bonds. The van der Waals surface area contributed by atoms with Gasteiger partial charge in [0.25, 0.3) is 0 Å². The van der Waals surface area contributed by atoms with Gasteiger partial charge in [0.05, 0.1) is 5.69 Å². The number of alkyl carbamates (subject to hydrolysis) is 1. The lowest BCUT2D eigenvalue weighted by Gasteiger charge is -2.19. The summed E-state index contributed by atoms with van der Waals surface area (Å²) in [6.45, 7) is 1.57. The minimum Gasteiger partial charge on any atom is -0.479 e. The van der Waals surface area contributed by atoms with Crippen LogP contribution in [0.5, 0.6) is 0 Å². The normalized spacial score (nSPS) is 14.0. The summed E-state index contributed by atoms with van der Waals surface area (Å²) in [5, 5.41) is 18.3. The molecule has 3 N–H and O–H groups in total. The summed E-state index contributed by atoms with van der Waals surface area (Å²) in [5.41, 5.74) is 4.70. The zero-order valence-electron chi connectivity index (χ0n) is 18.2. The lowest BCUT2D eigenvalue weighted by molar-refractivity contribution is -0.142. The maximum Gasteiger partial charge on any atom is 0.407 e. The van der Waals surface area contributed by atoms with E-state index in [1.54, 1.807) is 7.05 Å². The van der Waals surface area contributed by atoms with Crippen molar-refractivity contribution in [1.29, 1.82) is 0 Å². The number of carboxylic acids is 1. The van der Waals surface area contributed by atoms with Gasteiger partial charge in [-0.2, -0.15) is 5.10 Å². The largest absolute Gasteiger partial charge is 0.479 e. The molecule has 4 rings (SSSR count). The van der Waals surface area contributed by atoms with Crippen molar-refractivity contribution in [3.05, 3.63) is 77.6 Å². The predicted molar refractivity (Wildman–Crippen MR) is 119 cm³/mol. The molecule has 1 unspecified atom stereocenters. The number of nitrogens with one attached hydrogen (secondary N) is 2. The molecule has 3 aromatic rings. The van der Waals surface area contributed by atoms with Crippen LogP contribution in [0.2, 0.25) is 0 Å². The van der Waals surface area contributed by atoms with Crippen molar-refractivity contribution in [2.45, 2.75) is 24.9 Å². The summed E-state index contributed by atoms with van der Waals surface area (Å²) in [6.07, 6.45) is 0.683. The number of fused-ring (bicyclic) bond motifs is 3. The second-order valence-corrected chi connectivity index (χ2v) is 7.85.